The maximum atomic E-state index is 6.91. The second-order valence-corrected chi connectivity index (χ2v) is 15.3. The van der Waals surface area contributed by atoms with Gasteiger partial charge in [0, 0.05) is 18.9 Å². The fourth-order valence-electron chi connectivity index (χ4n) is 7.51. The van der Waals surface area contributed by atoms with Gasteiger partial charge in [-0.25, -0.2) is 0 Å². The predicted octanol–water partition coefficient (Wildman–Crippen LogP) is 14.0. The molecule has 2 aliphatic rings. The summed E-state index contributed by atoms with van der Waals surface area (Å²) < 4.78 is 13.8. The molecule has 1 aliphatic heterocycles. The predicted molar refractivity (Wildman–Crippen MR) is 212 cm³/mol. The van der Waals surface area contributed by atoms with Gasteiger partial charge < -0.3 is 14.4 Å². The lowest BCUT2D eigenvalue weighted by atomic mass is 9.90. The van der Waals surface area contributed by atoms with Crippen LogP contribution in [-0.4, -0.2) is 43.0 Å². The van der Waals surface area contributed by atoms with E-state index in [1.165, 1.54) is 148 Å². The van der Waals surface area contributed by atoms with Gasteiger partial charge in [-0.1, -0.05) is 140 Å². The molecule has 3 atom stereocenters. The van der Waals surface area contributed by atoms with E-state index in [1.807, 2.05) is 0 Å². The Hall–Kier alpha value is -1.16. The van der Waals surface area contributed by atoms with Crippen molar-refractivity contribution in [3.63, 3.8) is 0 Å². The van der Waals surface area contributed by atoms with Gasteiger partial charge in [-0.05, 0) is 110 Å². The Kier molecular flexibility index (Phi) is 26.5. The highest BCUT2D eigenvalue weighted by Gasteiger charge is 2.49. The first kappa shape index (κ1) is 43.0. The van der Waals surface area contributed by atoms with Crippen molar-refractivity contribution in [2.75, 3.05) is 14.1 Å². The Labute approximate surface area is 300 Å². The number of fused-ring (bicyclic) bond motifs is 1. The van der Waals surface area contributed by atoms with Gasteiger partial charge in [-0.15, -0.1) is 0 Å². The fourth-order valence-corrected chi connectivity index (χ4v) is 7.51. The molecule has 1 saturated heterocycles. The zero-order valence-corrected chi connectivity index (χ0v) is 32.6. The van der Waals surface area contributed by atoms with Crippen LogP contribution in [0.25, 0.3) is 0 Å². The molecule has 0 spiro atoms. The third kappa shape index (κ3) is 21.1. The highest BCUT2D eigenvalue weighted by Crippen LogP contribution is 2.43. The topological polar surface area (TPSA) is 21.7 Å². The summed E-state index contributed by atoms with van der Waals surface area (Å²) in [7, 11) is 4.45. The van der Waals surface area contributed by atoms with Crippen LogP contribution >= 0.6 is 0 Å². The molecule has 0 aromatic heterocycles. The van der Waals surface area contributed by atoms with Crippen molar-refractivity contribution in [3.05, 3.63) is 48.6 Å². The van der Waals surface area contributed by atoms with Crippen molar-refractivity contribution in [2.24, 2.45) is 0 Å². The first-order chi connectivity index (χ1) is 23.6. The molecule has 278 valence electrons. The van der Waals surface area contributed by atoms with Crippen LogP contribution in [0.4, 0.5) is 0 Å². The Morgan fingerprint density at radius 2 is 0.875 bits per heavy atom. The maximum absolute atomic E-state index is 6.91. The van der Waals surface area contributed by atoms with E-state index in [4.69, 9.17) is 9.47 Å². The molecular formula is C45H81NO2. The van der Waals surface area contributed by atoms with E-state index in [0.717, 1.165) is 38.5 Å². The van der Waals surface area contributed by atoms with Crippen LogP contribution in [0.15, 0.2) is 48.6 Å². The summed E-state index contributed by atoms with van der Waals surface area (Å²) in [6, 6.07) is 0.634. The van der Waals surface area contributed by atoms with E-state index in [2.05, 4.69) is 81.5 Å². The van der Waals surface area contributed by atoms with E-state index < -0.39 is 0 Å². The molecule has 0 amide bonds. The zero-order chi connectivity index (χ0) is 34.4. The van der Waals surface area contributed by atoms with E-state index >= 15 is 0 Å². The lowest BCUT2D eigenvalue weighted by molar-refractivity contribution is -0.186. The lowest BCUT2D eigenvalue weighted by Crippen LogP contribution is -2.40. The molecular weight excluding hydrogens is 587 g/mol. The van der Waals surface area contributed by atoms with Gasteiger partial charge in [-0.3, -0.25) is 0 Å². The normalized spacial score (nSPS) is 21.2. The largest absolute Gasteiger partial charge is 0.344 e. The molecule has 3 heteroatoms. The van der Waals surface area contributed by atoms with Crippen molar-refractivity contribution in [1.82, 2.24) is 4.90 Å². The van der Waals surface area contributed by atoms with E-state index in [9.17, 15) is 0 Å². The van der Waals surface area contributed by atoms with Crippen molar-refractivity contribution in [2.45, 2.75) is 224 Å². The van der Waals surface area contributed by atoms with Crippen LogP contribution in [-0.2, 0) is 9.47 Å². The average Bonchev–Trinajstić information content (AvgIpc) is 3.45. The minimum Gasteiger partial charge on any atom is -0.344 e. The summed E-state index contributed by atoms with van der Waals surface area (Å²) in [5.41, 5.74) is 0. The fraction of sp³-hybridized carbons (Fsp3) is 0.822. The Morgan fingerprint density at radius 1 is 0.479 bits per heavy atom. The molecule has 3 unspecified atom stereocenters. The van der Waals surface area contributed by atoms with Crippen molar-refractivity contribution in [3.8, 4) is 0 Å². The van der Waals surface area contributed by atoms with Gasteiger partial charge in [0.05, 0.1) is 12.2 Å². The van der Waals surface area contributed by atoms with Gasteiger partial charge in [0.15, 0.2) is 5.79 Å². The first-order valence-electron chi connectivity index (χ1n) is 21.2. The minimum absolute atomic E-state index is 0.292. The number of hydrogen-bond donors (Lipinski definition) is 0. The van der Waals surface area contributed by atoms with Crippen LogP contribution < -0.4 is 0 Å². The molecule has 0 aromatic rings. The van der Waals surface area contributed by atoms with Crippen LogP contribution in [0.3, 0.4) is 0 Å². The molecule has 1 saturated carbocycles. The van der Waals surface area contributed by atoms with Crippen molar-refractivity contribution in [1.29, 1.82) is 0 Å². The summed E-state index contributed by atoms with van der Waals surface area (Å²) in [6.07, 6.45) is 56.3. The SMILES string of the molecule is CCCCC/C=C\C/C=C\CCCCCCCCC1(CCCCCCCC/C=C\C/C=C\CCCCC)OC2CCC(N(C)C)CC2O1. The van der Waals surface area contributed by atoms with Gasteiger partial charge in [0.2, 0.25) is 0 Å². The second kappa shape index (κ2) is 29.6. The summed E-state index contributed by atoms with van der Waals surface area (Å²) >= 11 is 0. The molecule has 3 nitrogen and oxygen atoms in total. The van der Waals surface area contributed by atoms with E-state index in [0.29, 0.717) is 18.2 Å². The van der Waals surface area contributed by atoms with Crippen LogP contribution in [0.5, 0.6) is 0 Å². The van der Waals surface area contributed by atoms with E-state index in [1.54, 1.807) is 0 Å². The number of ether oxygens (including phenoxy) is 2. The highest BCUT2D eigenvalue weighted by atomic mass is 16.8. The Balaban J connectivity index is 1.59. The second-order valence-electron chi connectivity index (χ2n) is 15.3. The summed E-state index contributed by atoms with van der Waals surface area (Å²) in [5, 5.41) is 0. The molecule has 1 heterocycles. The average molecular weight is 668 g/mol. The van der Waals surface area contributed by atoms with Gasteiger partial charge >= 0.3 is 0 Å². The molecule has 1 aliphatic carbocycles. The third-order valence-corrected chi connectivity index (χ3v) is 10.7. The Morgan fingerprint density at radius 3 is 1.31 bits per heavy atom. The molecule has 0 radical (unpaired) electrons. The van der Waals surface area contributed by atoms with E-state index in [-0.39, 0.29) is 5.79 Å². The number of hydrogen-bond acceptors (Lipinski definition) is 3. The van der Waals surface area contributed by atoms with Gasteiger partial charge in [0.25, 0.3) is 0 Å². The molecule has 0 aromatic carbocycles. The number of rotatable bonds is 31. The molecule has 48 heavy (non-hydrogen) atoms. The van der Waals surface area contributed by atoms with Crippen molar-refractivity contribution >= 4 is 0 Å². The Bertz CT molecular complexity index is 794. The number of unbranched alkanes of at least 4 members (excludes halogenated alkanes) is 18. The summed E-state index contributed by atoms with van der Waals surface area (Å²) in [5.74, 6) is -0.318. The minimum atomic E-state index is -0.318. The quantitative estimate of drug-likeness (QED) is 0.0542. The monoisotopic (exact) mass is 668 g/mol. The summed E-state index contributed by atoms with van der Waals surface area (Å²) in [4.78, 5) is 2.39. The molecule has 2 fully saturated rings. The van der Waals surface area contributed by atoms with Crippen LogP contribution in [0, 0.1) is 0 Å². The third-order valence-electron chi connectivity index (χ3n) is 10.7. The van der Waals surface area contributed by atoms with Crippen LogP contribution in [0.2, 0.25) is 0 Å². The maximum Gasteiger partial charge on any atom is 0.169 e. The lowest BCUT2D eigenvalue weighted by Gasteiger charge is -2.33. The van der Waals surface area contributed by atoms with Crippen molar-refractivity contribution < 1.29 is 9.47 Å². The summed E-state index contributed by atoms with van der Waals surface area (Å²) in [6.45, 7) is 4.54. The van der Waals surface area contributed by atoms with Gasteiger partial charge in [-0.2, -0.15) is 0 Å². The number of nitrogens with zero attached hydrogens (tertiary/aromatic N) is 1. The smallest absolute Gasteiger partial charge is 0.169 e. The molecule has 0 N–H and O–H groups in total. The highest BCUT2D eigenvalue weighted by molar-refractivity contribution is 4.95. The molecule has 0 bridgehead atoms. The van der Waals surface area contributed by atoms with Crippen LogP contribution in [0.1, 0.15) is 200 Å². The first-order valence-corrected chi connectivity index (χ1v) is 21.2. The zero-order valence-electron chi connectivity index (χ0n) is 32.6. The van der Waals surface area contributed by atoms with Gasteiger partial charge in [0.1, 0.15) is 0 Å². The number of allylic oxidation sites excluding steroid dienone is 8. The molecule has 2 rings (SSSR count). The standard InChI is InChI=1S/C45H81NO2/c1-5-7-9-11-13-15-17-19-21-23-25-27-29-31-33-35-39-45(47-43-38-37-42(46(3)4)41-44(43)48-45)40-36-34-32-30-28-26-24-22-20-18-16-14-12-10-8-6-2/h13-16,19-22,42-44H,5-12,17-18,23-41H2,1-4H3/b15-13-,16-14-,21-19-,22-20-.